The molecule has 4 aromatic rings. The maximum Gasteiger partial charge on any atom is 0.573 e. The Bertz CT molecular complexity index is 1650. The molecule has 0 saturated heterocycles. The smallest absolute Gasteiger partial charge is 0.487 e. The predicted molar refractivity (Wildman–Crippen MR) is 160 cm³/mol. The summed E-state index contributed by atoms with van der Waals surface area (Å²) < 4.78 is 58.7. The van der Waals surface area contributed by atoms with Gasteiger partial charge in [-0.15, -0.1) is 13.2 Å². The van der Waals surface area contributed by atoms with Crippen molar-refractivity contribution in [3.8, 4) is 22.6 Å². The normalized spacial score (nSPS) is 11.5. The zero-order valence-electron chi connectivity index (χ0n) is 24.7. The Balaban J connectivity index is 1.67. The van der Waals surface area contributed by atoms with Gasteiger partial charge in [-0.1, -0.05) is 54.1 Å². The third-order valence-corrected chi connectivity index (χ3v) is 6.37. The number of carbonyl (C=O) groups excluding carboxylic acids is 2. The molecule has 1 amide bonds. The number of alkyl halides is 3. The lowest BCUT2D eigenvalue weighted by atomic mass is 10.0. The molecular weight excluding hydrogens is 615 g/mol. The molecule has 9 nitrogen and oxygen atoms in total. The van der Waals surface area contributed by atoms with Gasteiger partial charge in [-0.05, 0) is 61.7 Å². The van der Waals surface area contributed by atoms with Gasteiger partial charge in [0.1, 0.15) is 23.7 Å². The van der Waals surface area contributed by atoms with E-state index in [0.29, 0.717) is 16.7 Å². The molecular formula is C32H29ClF3N3O6. The molecule has 0 unspecified atom stereocenters. The lowest BCUT2D eigenvalue weighted by Crippen LogP contribution is -2.37. The average Bonchev–Trinajstić information content (AvgIpc) is 2.98. The van der Waals surface area contributed by atoms with Crippen LogP contribution in [0.3, 0.4) is 0 Å². The van der Waals surface area contributed by atoms with Crippen LogP contribution in [0, 0.1) is 0 Å². The van der Waals surface area contributed by atoms with E-state index in [4.69, 9.17) is 25.8 Å². The minimum atomic E-state index is -4.88. The van der Waals surface area contributed by atoms with E-state index in [2.05, 4.69) is 14.7 Å². The van der Waals surface area contributed by atoms with Crippen molar-refractivity contribution < 1.29 is 41.7 Å². The number of ether oxygens (including phenoxy) is 4. The number of methoxy groups -OCH3 is 1. The Hall–Kier alpha value is -4.84. The number of halogens is 4. The molecule has 0 bridgehead atoms. The standard InChI is InChI=1S/C32H29ClF3N3O6/c1-31(2,3)45-30(41)39(18-21-11-8-12-24(13-21)44-32(34,35)36)29-37-16-23(17-38-29)22-14-25(28(40)42-4)27(33)26(15-22)43-19-20-9-6-5-7-10-20/h5-17H,18-19H2,1-4H3. The molecule has 3 aromatic carbocycles. The van der Waals surface area contributed by atoms with Crippen LogP contribution >= 0.6 is 11.6 Å². The largest absolute Gasteiger partial charge is 0.573 e. The first-order valence-corrected chi connectivity index (χ1v) is 13.9. The minimum absolute atomic E-state index is 0.0557. The lowest BCUT2D eigenvalue weighted by molar-refractivity contribution is -0.274. The van der Waals surface area contributed by atoms with E-state index in [9.17, 15) is 22.8 Å². The number of hydrogen-bond acceptors (Lipinski definition) is 8. The fraction of sp³-hybridized carbons (Fsp3) is 0.250. The molecule has 0 spiro atoms. The molecule has 45 heavy (non-hydrogen) atoms. The highest BCUT2D eigenvalue weighted by Crippen LogP contribution is 2.35. The van der Waals surface area contributed by atoms with E-state index in [1.54, 1.807) is 26.8 Å². The molecule has 4 rings (SSSR count). The molecule has 0 N–H and O–H groups in total. The molecule has 0 saturated carbocycles. The van der Waals surface area contributed by atoms with E-state index in [0.717, 1.165) is 22.6 Å². The highest BCUT2D eigenvalue weighted by Gasteiger charge is 2.31. The van der Waals surface area contributed by atoms with Crippen LogP contribution in [-0.4, -0.2) is 41.1 Å². The van der Waals surface area contributed by atoms with Gasteiger partial charge in [0.25, 0.3) is 0 Å². The zero-order valence-corrected chi connectivity index (χ0v) is 25.5. The van der Waals surface area contributed by atoms with Crippen LogP contribution in [0.1, 0.15) is 42.3 Å². The van der Waals surface area contributed by atoms with Crippen molar-refractivity contribution in [3.05, 3.63) is 101 Å². The van der Waals surface area contributed by atoms with Gasteiger partial charge >= 0.3 is 18.4 Å². The van der Waals surface area contributed by atoms with Crippen molar-refractivity contribution in [3.63, 3.8) is 0 Å². The third kappa shape index (κ3) is 9.32. The van der Waals surface area contributed by atoms with Crippen molar-refractivity contribution in [2.24, 2.45) is 0 Å². The van der Waals surface area contributed by atoms with Gasteiger partial charge in [0.05, 0.1) is 24.2 Å². The molecule has 0 aliphatic carbocycles. The number of aromatic nitrogens is 2. The molecule has 1 heterocycles. The average molecular weight is 644 g/mol. The summed E-state index contributed by atoms with van der Waals surface area (Å²) in [6.45, 7) is 4.96. The van der Waals surface area contributed by atoms with E-state index in [1.807, 2.05) is 30.3 Å². The first-order valence-electron chi connectivity index (χ1n) is 13.5. The van der Waals surface area contributed by atoms with Crippen LogP contribution in [0.25, 0.3) is 11.1 Å². The summed E-state index contributed by atoms with van der Waals surface area (Å²) in [5, 5.41) is 0.0619. The highest BCUT2D eigenvalue weighted by molar-refractivity contribution is 6.35. The minimum Gasteiger partial charge on any atom is -0.487 e. The van der Waals surface area contributed by atoms with Crippen LogP contribution in [-0.2, 0) is 22.6 Å². The number of carbonyl (C=O) groups is 2. The summed E-state index contributed by atoms with van der Waals surface area (Å²) in [5.74, 6) is -0.997. The van der Waals surface area contributed by atoms with Crippen molar-refractivity contribution in [2.75, 3.05) is 12.0 Å². The molecule has 0 atom stereocenters. The predicted octanol–water partition coefficient (Wildman–Crippen LogP) is 8.00. The van der Waals surface area contributed by atoms with Crippen LogP contribution in [0.4, 0.5) is 23.9 Å². The first-order chi connectivity index (χ1) is 21.2. The number of amides is 1. The number of hydrogen-bond donors (Lipinski definition) is 0. The van der Waals surface area contributed by atoms with Gasteiger partial charge in [0, 0.05) is 18.0 Å². The topological polar surface area (TPSA) is 100 Å². The van der Waals surface area contributed by atoms with Gasteiger partial charge in [0.15, 0.2) is 0 Å². The van der Waals surface area contributed by atoms with Crippen LogP contribution in [0.2, 0.25) is 5.02 Å². The quantitative estimate of drug-likeness (QED) is 0.169. The Morgan fingerprint density at radius 1 is 0.889 bits per heavy atom. The summed E-state index contributed by atoms with van der Waals surface area (Å²) in [6.07, 6.45) is -2.89. The molecule has 0 aliphatic rings. The van der Waals surface area contributed by atoms with Crippen molar-refractivity contribution >= 4 is 29.6 Å². The van der Waals surface area contributed by atoms with E-state index < -0.39 is 29.8 Å². The number of anilines is 1. The van der Waals surface area contributed by atoms with E-state index in [-0.39, 0.29) is 35.4 Å². The van der Waals surface area contributed by atoms with Gasteiger partial charge in [-0.3, -0.25) is 0 Å². The number of rotatable bonds is 9. The SMILES string of the molecule is COC(=O)c1cc(-c2cnc(N(Cc3cccc(OC(F)(F)F)c3)C(=O)OC(C)(C)C)nc2)cc(OCc2ccccc2)c1Cl. The van der Waals surface area contributed by atoms with Crippen LogP contribution in [0.5, 0.6) is 11.5 Å². The molecule has 0 aliphatic heterocycles. The third-order valence-electron chi connectivity index (χ3n) is 5.98. The molecule has 0 fully saturated rings. The Morgan fingerprint density at radius 3 is 2.18 bits per heavy atom. The van der Waals surface area contributed by atoms with Gasteiger partial charge in [-0.25, -0.2) is 24.5 Å². The van der Waals surface area contributed by atoms with E-state index >= 15 is 0 Å². The zero-order chi connectivity index (χ0) is 32.8. The second kappa shape index (κ2) is 13.9. The fourth-order valence-electron chi connectivity index (χ4n) is 4.03. The van der Waals surface area contributed by atoms with Crippen molar-refractivity contribution in [2.45, 2.75) is 45.9 Å². The Kier molecular flexibility index (Phi) is 10.2. The second-order valence-corrected chi connectivity index (χ2v) is 11.0. The summed E-state index contributed by atoms with van der Waals surface area (Å²) in [6, 6.07) is 17.7. The summed E-state index contributed by atoms with van der Waals surface area (Å²) >= 11 is 6.50. The molecule has 0 radical (unpaired) electrons. The number of benzene rings is 3. The monoisotopic (exact) mass is 643 g/mol. The Morgan fingerprint density at radius 2 is 1.56 bits per heavy atom. The van der Waals surface area contributed by atoms with Crippen molar-refractivity contribution in [1.82, 2.24) is 9.97 Å². The molecule has 1 aromatic heterocycles. The summed E-state index contributed by atoms with van der Waals surface area (Å²) in [4.78, 5) is 35.5. The van der Waals surface area contributed by atoms with Gasteiger partial charge in [0.2, 0.25) is 5.95 Å². The second-order valence-electron chi connectivity index (χ2n) is 10.6. The maximum atomic E-state index is 13.2. The summed E-state index contributed by atoms with van der Waals surface area (Å²) in [7, 11) is 1.23. The Labute approximate surface area is 262 Å². The number of esters is 1. The number of nitrogens with zero attached hydrogens (tertiary/aromatic N) is 3. The maximum absolute atomic E-state index is 13.2. The molecule has 13 heteroatoms. The van der Waals surface area contributed by atoms with Gasteiger partial charge < -0.3 is 18.9 Å². The van der Waals surface area contributed by atoms with Crippen LogP contribution < -0.4 is 14.4 Å². The summed E-state index contributed by atoms with van der Waals surface area (Å²) in [5.41, 5.74) is 1.26. The fourth-order valence-corrected chi connectivity index (χ4v) is 4.27. The first kappa shape index (κ1) is 33.1. The van der Waals surface area contributed by atoms with Gasteiger partial charge in [-0.2, -0.15) is 0 Å². The lowest BCUT2D eigenvalue weighted by Gasteiger charge is -2.26. The highest BCUT2D eigenvalue weighted by atomic mass is 35.5. The van der Waals surface area contributed by atoms with Crippen molar-refractivity contribution in [1.29, 1.82) is 0 Å². The van der Waals surface area contributed by atoms with Crippen LogP contribution in [0.15, 0.2) is 79.1 Å². The molecule has 236 valence electrons. The van der Waals surface area contributed by atoms with E-state index in [1.165, 1.54) is 37.7 Å².